The summed E-state index contributed by atoms with van der Waals surface area (Å²) in [7, 11) is 0. The lowest BCUT2D eigenvalue weighted by atomic mass is 10.2. The number of nitrogens with zero attached hydrogens (tertiary/aromatic N) is 2. The lowest BCUT2D eigenvalue weighted by Gasteiger charge is -2.11. The second-order valence-corrected chi connectivity index (χ2v) is 4.94. The van der Waals surface area contributed by atoms with Gasteiger partial charge in [-0.25, -0.2) is 9.59 Å². The Morgan fingerprint density at radius 1 is 1.00 bits per heavy atom. The van der Waals surface area contributed by atoms with Crippen LogP contribution in [-0.2, 0) is 0 Å². The fourth-order valence-corrected chi connectivity index (χ4v) is 1.77. The summed E-state index contributed by atoms with van der Waals surface area (Å²) >= 11 is 6.02. The smallest absolute Gasteiger partial charge is 0.321 e. The van der Waals surface area contributed by atoms with Gasteiger partial charge in [-0.3, -0.25) is 0 Å². The van der Waals surface area contributed by atoms with Crippen molar-refractivity contribution in [2.75, 3.05) is 36.8 Å². The molecule has 0 radical (unpaired) electrons. The molecule has 0 bridgehead atoms. The molecule has 4 amide bonds. The van der Waals surface area contributed by atoms with Crippen molar-refractivity contribution < 1.29 is 9.59 Å². The number of amides is 4. The maximum Gasteiger partial charge on any atom is 0.322 e. The third kappa shape index (κ3) is 2.90. The van der Waals surface area contributed by atoms with E-state index >= 15 is 0 Å². The molecular formula is C12H13ClN4O2. The third-order valence-corrected chi connectivity index (χ3v) is 3.26. The molecule has 1 aromatic carbocycles. The summed E-state index contributed by atoms with van der Waals surface area (Å²) in [5.74, 6) is 0. The molecule has 0 aliphatic carbocycles. The zero-order valence-corrected chi connectivity index (χ0v) is 10.9. The van der Waals surface area contributed by atoms with E-state index in [0.29, 0.717) is 16.4 Å². The monoisotopic (exact) mass is 280 g/mol. The highest BCUT2D eigenvalue weighted by Gasteiger charge is 2.25. The summed E-state index contributed by atoms with van der Waals surface area (Å²) in [6, 6.07) is 4.71. The van der Waals surface area contributed by atoms with Crippen LogP contribution in [0.3, 0.4) is 0 Å². The van der Waals surface area contributed by atoms with Gasteiger partial charge >= 0.3 is 12.1 Å². The molecule has 100 valence electrons. The van der Waals surface area contributed by atoms with Gasteiger partial charge in [-0.05, 0) is 18.2 Å². The molecule has 1 aromatic rings. The van der Waals surface area contributed by atoms with Crippen molar-refractivity contribution >= 4 is 35.0 Å². The molecule has 0 unspecified atom stereocenters. The van der Waals surface area contributed by atoms with Gasteiger partial charge < -0.3 is 20.4 Å². The van der Waals surface area contributed by atoms with Crippen molar-refractivity contribution in [1.29, 1.82) is 0 Å². The summed E-state index contributed by atoms with van der Waals surface area (Å²) in [4.78, 5) is 26.6. The number of hydrogen-bond donors (Lipinski definition) is 2. The first-order chi connectivity index (χ1) is 9.13. The minimum atomic E-state index is -0.170. The highest BCUT2D eigenvalue weighted by Crippen LogP contribution is 2.26. The molecule has 3 rings (SSSR count). The molecule has 2 aliphatic rings. The van der Waals surface area contributed by atoms with Crippen LogP contribution in [0.25, 0.3) is 0 Å². The molecule has 7 heteroatoms. The molecule has 2 aliphatic heterocycles. The SMILES string of the molecule is O=C(Nc1ccc(Cl)c(NC(=O)N2CC2)c1)N1CC1. The van der Waals surface area contributed by atoms with Gasteiger partial charge in [0, 0.05) is 31.9 Å². The molecule has 2 N–H and O–H groups in total. The lowest BCUT2D eigenvalue weighted by Crippen LogP contribution is -2.20. The van der Waals surface area contributed by atoms with Gasteiger partial charge in [-0.2, -0.15) is 0 Å². The molecular weight excluding hydrogens is 268 g/mol. The highest BCUT2D eigenvalue weighted by atomic mass is 35.5. The van der Waals surface area contributed by atoms with Crippen LogP contribution >= 0.6 is 11.6 Å². The molecule has 6 nitrogen and oxygen atoms in total. The summed E-state index contributed by atoms with van der Waals surface area (Å²) in [6.07, 6.45) is 0. The molecule has 0 spiro atoms. The van der Waals surface area contributed by atoms with Gasteiger partial charge in [0.25, 0.3) is 0 Å². The number of carbonyl (C=O) groups excluding carboxylic acids is 2. The minimum absolute atomic E-state index is 0.134. The molecule has 2 heterocycles. The predicted molar refractivity (Wildman–Crippen MR) is 72.6 cm³/mol. The zero-order valence-electron chi connectivity index (χ0n) is 10.1. The molecule has 0 saturated carbocycles. The number of urea groups is 2. The Hall–Kier alpha value is -1.95. The number of rotatable bonds is 2. The highest BCUT2D eigenvalue weighted by molar-refractivity contribution is 6.33. The van der Waals surface area contributed by atoms with Crippen LogP contribution in [0.2, 0.25) is 5.02 Å². The van der Waals surface area contributed by atoms with Gasteiger partial charge in [0.15, 0.2) is 0 Å². The van der Waals surface area contributed by atoms with Crippen molar-refractivity contribution in [2.45, 2.75) is 0 Å². The Balaban J connectivity index is 1.70. The molecule has 19 heavy (non-hydrogen) atoms. The van der Waals surface area contributed by atoms with E-state index in [1.54, 1.807) is 28.0 Å². The summed E-state index contributed by atoms with van der Waals surface area (Å²) in [6.45, 7) is 3.12. The molecule has 0 atom stereocenters. The Bertz CT molecular complexity index is 541. The maximum atomic E-state index is 11.6. The van der Waals surface area contributed by atoms with Gasteiger partial charge in [0.1, 0.15) is 0 Å². The number of hydrogen-bond acceptors (Lipinski definition) is 2. The first kappa shape index (κ1) is 12.1. The topological polar surface area (TPSA) is 64.2 Å². The van der Waals surface area contributed by atoms with Crippen LogP contribution in [0.5, 0.6) is 0 Å². The van der Waals surface area contributed by atoms with Gasteiger partial charge in [-0.1, -0.05) is 11.6 Å². The number of nitrogens with one attached hydrogen (secondary N) is 2. The first-order valence-electron chi connectivity index (χ1n) is 6.05. The quantitative estimate of drug-likeness (QED) is 0.814. The molecule has 2 fully saturated rings. The molecule has 2 saturated heterocycles. The van der Waals surface area contributed by atoms with Crippen LogP contribution in [-0.4, -0.2) is 48.0 Å². The van der Waals surface area contributed by atoms with Gasteiger partial charge in [0.2, 0.25) is 0 Å². The van der Waals surface area contributed by atoms with Crippen molar-refractivity contribution in [3.8, 4) is 0 Å². The van der Waals surface area contributed by atoms with E-state index < -0.39 is 0 Å². The average molecular weight is 281 g/mol. The van der Waals surface area contributed by atoms with E-state index in [1.807, 2.05) is 0 Å². The lowest BCUT2D eigenvalue weighted by molar-refractivity contribution is 0.241. The van der Waals surface area contributed by atoms with Crippen LogP contribution in [0.1, 0.15) is 0 Å². The maximum absolute atomic E-state index is 11.6. The standard InChI is InChI=1S/C12H13ClN4O2/c13-9-2-1-8(14-11(18)16-3-4-16)7-10(9)15-12(19)17-5-6-17/h1-2,7H,3-6H2,(H,14,18)(H,15,19). The van der Waals surface area contributed by atoms with Crippen molar-refractivity contribution in [1.82, 2.24) is 9.80 Å². The number of benzene rings is 1. The fraction of sp³-hybridized carbons (Fsp3) is 0.333. The van der Waals surface area contributed by atoms with E-state index in [0.717, 1.165) is 26.2 Å². The molecule has 0 aromatic heterocycles. The van der Waals surface area contributed by atoms with E-state index in [-0.39, 0.29) is 12.1 Å². The summed E-state index contributed by atoms with van der Waals surface area (Å²) in [5.41, 5.74) is 1.12. The second kappa shape index (κ2) is 4.62. The van der Waals surface area contributed by atoms with Crippen LogP contribution in [0.15, 0.2) is 18.2 Å². The van der Waals surface area contributed by atoms with Crippen LogP contribution in [0, 0.1) is 0 Å². The number of anilines is 2. The van der Waals surface area contributed by atoms with Gasteiger partial charge in [-0.15, -0.1) is 0 Å². The van der Waals surface area contributed by atoms with Crippen molar-refractivity contribution in [3.05, 3.63) is 23.2 Å². The van der Waals surface area contributed by atoms with Crippen molar-refractivity contribution in [3.63, 3.8) is 0 Å². The van der Waals surface area contributed by atoms with E-state index in [2.05, 4.69) is 10.6 Å². The normalized spacial score (nSPS) is 16.1. The predicted octanol–water partition coefficient (Wildman–Crippen LogP) is 2.04. The van der Waals surface area contributed by atoms with Crippen molar-refractivity contribution in [2.24, 2.45) is 0 Å². The third-order valence-electron chi connectivity index (χ3n) is 2.93. The fourth-order valence-electron chi connectivity index (χ4n) is 1.60. The number of carbonyl (C=O) groups is 2. The second-order valence-electron chi connectivity index (χ2n) is 4.53. The van der Waals surface area contributed by atoms with Crippen LogP contribution in [0.4, 0.5) is 21.0 Å². The minimum Gasteiger partial charge on any atom is -0.321 e. The Morgan fingerprint density at radius 2 is 1.58 bits per heavy atom. The van der Waals surface area contributed by atoms with E-state index in [1.165, 1.54) is 0 Å². The summed E-state index contributed by atoms with van der Waals surface area (Å²) in [5, 5.41) is 5.92. The Morgan fingerprint density at radius 3 is 2.16 bits per heavy atom. The largest absolute Gasteiger partial charge is 0.322 e. The van der Waals surface area contributed by atoms with E-state index in [4.69, 9.17) is 11.6 Å². The van der Waals surface area contributed by atoms with E-state index in [9.17, 15) is 9.59 Å². The Kier molecular flexibility index (Phi) is 2.94. The van der Waals surface area contributed by atoms with Gasteiger partial charge in [0.05, 0.1) is 10.7 Å². The average Bonchev–Trinajstić information content (AvgIpc) is 3.26. The zero-order chi connectivity index (χ0) is 13.4. The number of halogens is 1. The first-order valence-corrected chi connectivity index (χ1v) is 6.43. The Labute approximate surface area is 115 Å². The summed E-state index contributed by atoms with van der Waals surface area (Å²) < 4.78 is 0. The van der Waals surface area contributed by atoms with Crippen LogP contribution < -0.4 is 10.6 Å².